The summed E-state index contributed by atoms with van der Waals surface area (Å²) in [5.74, 6) is 0.423. The number of ether oxygens (including phenoxy) is 1. The molecule has 0 spiro atoms. The maximum Gasteiger partial charge on any atom is 0.277 e. The lowest BCUT2D eigenvalue weighted by atomic mass is 10.1. The fourth-order valence-electron chi connectivity index (χ4n) is 3.35. The van der Waals surface area contributed by atoms with Crippen LogP contribution in [0.5, 0.6) is 5.75 Å². The maximum absolute atomic E-state index is 13.3. The van der Waals surface area contributed by atoms with Gasteiger partial charge in [-0.15, -0.1) is 0 Å². The van der Waals surface area contributed by atoms with Crippen molar-refractivity contribution >= 4 is 22.5 Å². The number of nitrogens with zero attached hydrogens (tertiary/aromatic N) is 2. The normalized spacial score (nSPS) is 10.7. The van der Waals surface area contributed by atoms with Crippen LogP contribution in [0.25, 0.3) is 10.9 Å². The molecule has 0 aliphatic rings. The van der Waals surface area contributed by atoms with Gasteiger partial charge in [-0.05, 0) is 61.0 Å². The average molecular weight is 399 g/mol. The predicted octanol–water partition coefficient (Wildman–Crippen LogP) is 4.09. The third kappa shape index (κ3) is 3.93. The van der Waals surface area contributed by atoms with Crippen molar-refractivity contribution in [3.8, 4) is 5.75 Å². The first-order chi connectivity index (χ1) is 14.5. The molecule has 0 radical (unpaired) electrons. The molecule has 2 aromatic carbocycles. The Hall–Kier alpha value is -3.93. The molecule has 150 valence electrons. The van der Waals surface area contributed by atoms with Crippen LogP contribution in [0.3, 0.4) is 0 Å². The first-order valence-electron chi connectivity index (χ1n) is 9.54. The average Bonchev–Trinajstić information content (AvgIpc) is 2.77. The van der Waals surface area contributed by atoms with Crippen LogP contribution in [0, 0.1) is 6.92 Å². The van der Waals surface area contributed by atoms with Gasteiger partial charge in [0.15, 0.2) is 0 Å². The predicted molar refractivity (Wildman–Crippen MR) is 117 cm³/mol. The van der Waals surface area contributed by atoms with Gasteiger partial charge in [0, 0.05) is 28.4 Å². The van der Waals surface area contributed by atoms with Crippen molar-refractivity contribution in [1.82, 2.24) is 9.97 Å². The van der Waals surface area contributed by atoms with E-state index in [9.17, 15) is 9.59 Å². The molecule has 1 amide bonds. The summed E-state index contributed by atoms with van der Waals surface area (Å²) in [6.07, 6.45) is 1.58. The van der Waals surface area contributed by atoms with Crippen LogP contribution in [-0.4, -0.2) is 23.0 Å². The lowest BCUT2D eigenvalue weighted by Crippen LogP contribution is -2.33. The van der Waals surface area contributed by atoms with Crippen molar-refractivity contribution < 1.29 is 9.53 Å². The minimum Gasteiger partial charge on any atom is -0.497 e. The minimum atomic E-state index is -0.272. The third-order valence-electron chi connectivity index (χ3n) is 4.90. The molecule has 1 N–H and O–H groups in total. The van der Waals surface area contributed by atoms with E-state index in [4.69, 9.17) is 4.74 Å². The first kappa shape index (κ1) is 19.4. The van der Waals surface area contributed by atoms with Crippen molar-refractivity contribution in [3.63, 3.8) is 0 Å². The zero-order chi connectivity index (χ0) is 21.1. The van der Waals surface area contributed by atoms with Crippen molar-refractivity contribution in [2.75, 3.05) is 12.0 Å². The Balaban J connectivity index is 1.79. The number of aromatic nitrogens is 2. The number of methoxy groups -OCH3 is 1. The Morgan fingerprint density at radius 3 is 2.67 bits per heavy atom. The summed E-state index contributed by atoms with van der Waals surface area (Å²) < 4.78 is 5.29. The molecule has 0 bridgehead atoms. The zero-order valence-electron chi connectivity index (χ0n) is 16.8. The van der Waals surface area contributed by atoms with Gasteiger partial charge < -0.3 is 14.6 Å². The summed E-state index contributed by atoms with van der Waals surface area (Å²) in [6.45, 7) is 2.07. The molecule has 0 unspecified atom stereocenters. The molecule has 0 saturated carbocycles. The second kappa shape index (κ2) is 8.21. The van der Waals surface area contributed by atoms with E-state index in [0.717, 1.165) is 10.9 Å². The molecule has 0 saturated heterocycles. The van der Waals surface area contributed by atoms with Gasteiger partial charge in [-0.1, -0.05) is 18.2 Å². The van der Waals surface area contributed by atoms with Gasteiger partial charge in [0.2, 0.25) is 0 Å². The number of benzene rings is 2. The number of carbonyl (C=O) groups excluding carboxylic acids is 1. The fraction of sp³-hybridized carbons (Fsp3) is 0.125. The summed E-state index contributed by atoms with van der Waals surface area (Å²) in [4.78, 5) is 34.7. The molecule has 30 heavy (non-hydrogen) atoms. The van der Waals surface area contributed by atoms with Gasteiger partial charge in [-0.3, -0.25) is 14.6 Å². The Morgan fingerprint density at radius 1 is 1.07 bits per heavy atom. The number of amides is 1. The molecule has 0 atom stereocenters. The Morgan fingerprint density at radius 2 is 1.93 bits per heavy atom. The molecule has 4 rings (SSSR count). The SMILES string of the molecule is COc1ccc2[nH]c(=O)c(CN(C(=O)c3ccccn3)c3cccc(C)c3)cc2c1. The number of pyridine rings is 2. The van der Waals surface area contributed by atoms with E-state index in [-0.39, 0.29) is 18.0 Å². The van der Waals surface area contributed by atoms with Gasteiger partial charge in [-0.25, -0.2) is 0 Å². The highest BCUT2D eigenvalue weighted by molar-refractivity contribution is 6.04. The quantitative estimate of drug-likeness (QED) is 0.549. The Labute approximate surface area is 173 Å². The van der Waals surface area contributed by atoms with E-state index in [0.29, 0.717) is 28.2 Å². The topological polar surface area (TPSA) is 75.3 Å². The molecule has 4 aromatic rings. The highest BCUT2D eigenvalue weighted by atomic mass is 16.5. The fourth-order valence-corrected chi connectivity index (χ4v) is 3.35. The Kier molecular flexibility index (Phi) is 5.30. The standard InChI is InChI=1S/C24H21N3O3/c1-16-6-5-7-19(12-16)27(24(29)22-8-3-4-11-25-22)15-18-13-17-14-20(30-2)9-10-21(17)26-23(18)28/h3-14H,15H2,1-2H3,(H,26,28). The van der Waals surface area contributed by atoms with Crippen molar-refractivity contribution in [2.45, 2.75) is 13.5 Å². The number of carbonyl (C=O) groups is 1. The molecule has 0 fully saturated rings. The van der Waals surface area contributed by atoms with E-state index >= 15 is 0 Å². The maximum atomic E-state index is 13.3. The van der Waals surface area contributed by atoms with Crippen LogP contribution in [0.15, 0.2) is 77.7 Å². The molecular formula is C24H21N3O3. The van der Waals surface area contributed by atoms with Crippen molar-refractivity contribution in [3.05, 3.63) is 100 Å². The lowest BCUT2D eigenvalue weighted by molar-refractivity contribution is 0.0980. The number of rotatable bonds is 5. The van der Waals surface area contributed by atoms with Gasteiger partial charge in [-0.2, -0.15) is 0 Å². The second-order valence-electron chi connectivity index (χ2n) is 7.02. The van der Waals surface area contributed by atoms with E-state index in [1.807, 2.05) is 37.3 Å². The lowest BCUT2D eigenvalue weighted by Gasteiger charge is -2.23. The summed E-state index contributed by atoms with van der Waals surface area (Å²) in [5, 5.41) is 0.832. The Bertz CT molecular complexity index is 1270. The van der Waals surface area contributed by atoms with Gasteiger partial charge >= 0.3 is 0 Å². The van der Waals surface area contributed by atoms with Crippen molar-refractivity contribution in [1.29, 1.82) is 0 Å². The molecule has 2 aromatic heterocycles. The largest absolute Gasteiger partial charge is 0.497 e. The van der Waals surface area contributed by atoms with Crippen LogP contribution in [0.2, 0.25) is 0 Å². The number of hydrogen-bond acceptors (Lipinski definition) is 4. The molecule has 6 heteroatoms. The molecule has 2 heterocycles. The molecular weight excluding hydrogens is 378 g/mol. The smallest absolute Gasteiger partial charge is 0.277 e. The number of hydrogen-bond donors (Lipinski definition) is 1. The number of H-pyrrole nitrogens is 1. The number of anilines is 1. The minimum absolute atomic E-state index is 0.112. The van der Waals surface area contributed by atoms with E-state index in [1.54, 1.807) is 54.6 Å². The number of aryl methyl sites for hydroxylation is 1. The molecule has 0 aliphatic heterocycles. The van der Waals surface area contributed by atoms with Crippen LogP contribution < -0.4 is 15.2 Å². The highest BCUT2D eigenvalue weighted by Crippen LogP contribution is 2.23. The molecule has 6 nitrogen and oxygen atoms in total. The van der Waals surface area contributed by atoms with Crippen LogP contribution in [-0.2, 0) is 6.54 Å². The van der Waals surface area contributed by atoms with Crippen molar-refractivity contribution in [2.24, 2.45) is 0 Å². The second-order valence-corrected chi connectivity index (χ2v) is 7.02. The summed E-state index contributed by atoms with van der Waals surface area (Å²) in [6, 6.07) is 20.1. The summed E-state index contributed by atoms with van der Waals surface area (Å²) >= 11 is 0. The molecule has 0 aliphatic carbocycles. The van der Waals surface area contributed by atoms with Gasteiger partial charge in [0.05, 0.1) is 13.7 Å². The van der Waals surface area contributed by atoms with Crippen LogP contribution >= 0.6 is 0 Å². The summed E-state index contributed by atoms with van der Waals surface area (Å²) in [5.41, 5.74) is 2.99. The van der Waals surface area contributed by atoms with Crippen LogP contribution in [0.4, 0.5) is 5.69 Å². The number of aromatic amines is 1. The highest BCUT2D eigenvalue weighted by Gasteiger charge is 2.21. The van der Waals surface area contributed by atoms with E-state index in [2.05, 4.69) is 9.97 Å². The van der Waals surface area contributed by atoms with E-state index < -0.39 is 0 Å². The van der Waals surface area contributed by atoms with Gasteiger partial charge in [0.1, 0.15) is 11.4 Å². The van der Waals surface area contributed by atoms with Crippen LogP contribution in [0.1, 0.15) is 21.6 Å². The monoisotopic (exact) mass is 399 g/mol. The number of nitrogens with one attached hydrogen (secondary N) is 1. The zero-order valence-corrected chi connectivity index (χ0v) is 16.8. The first-order valence-corrected chi connectivity index (χ1v) is 9.54. The summed E-state index contributed by atoms with van der Waals surface area (Å²) in [7, 11) is 1.60. The van der Waals surface area contributed by atoms with Gasteiger partial charge in [0.25, 0.3) is 11.5 Å². The third-order valence-corrected chi connectivity index (χ3v) is 4.90. The number of fused-ring (bicyclic) bond motifs is 1. The van der Waals surface area contributed by atoms with E-state index in [1.165, 1.54) is 0 Å².